The Morgan fingerprint density at radius 2 is 2.06 bits per heavy atom. The maximum atomic E-state index is 9.69. The molecule has 2 N–H and O–H groups in total. The second-order valence-corrected chi connectivity index (χ2v) is 3.86. The van der Waals surface area contributed by atoms with Gasteiger partial charge in [0.15, 0.2) is 0 Å². The molecule has 5 nitrogen and oxygen atoms in total. The van der Waals surface area contributed by atoms with Crippen molar-refractivity contribution in [2.75, 3.05) is 5.43 Å². The lowest BCUT2D eigenvalue weighted by Crippen LogP contribution is -2.17. The molecule has 0 aliphatic rings. The van der Waals surface area contributed by atoms with Gasteiger partial charge in [-0.15, -0.1) is 10.2 Å². The first-order valence-electron chi connectivity index (χ1n) is 4.76. The number of rotatable bonds is 3. The van der Waals surface area contributed by atoms with Crippen LogP contribution in [0.15, 0.2) is 30.9 Å². The van der Waals surface area contributed by atoms with Crippen molar-refractivity contribution in [1.82, 2.24) is 14.9 Å². The van der Waals surface area contributed by atoms with E-state index >= 15 is 0 Å². The minimum absolute atomic E-state index is 0.102. The zero-order valence-electron chi connectivity index (χ0n) is 8.63. The Labute approximate surface area is 97.7 Å². The molecule has 2 aromatic rings. The number of benzene rings is 1. The summed E-state index contributed by atoms with van der Waals surface area (Å²) in [7, 11) is 0. The van der Waals surface area contributed by atoms with Crippen LogP contribution in [0, 0.1) is 0 Å². The van der Waals surface area contributed by atoms with Crippen LogP contribution < -0.4 is 5.43 Å². The van der Waals surface area contributed by atoms with E-state index in [4.69, 9.17) is 11.6 Å². The highest BCUT2D eigenvalue weighted by Crippen LogP contribution is 2.27. The number of halogens is 1. The lowest BCUT2D eigenvalue weighted by Gasteiger charge is -2.16. The summed E-state index contributed by atoms with van der Waals surface area (Å²) in [6.45, 7) is 1.91. The molecule has 16 heavy (non-hydrogen) atoms. The molecule has 84 valence electrons. The van der Waals surface area contributed by atoms with E-state index in [2.05, 4.69) is 15.6 Å². The maximum absolute atomic E-state index is 9.69. The van der Waals surface area contributed by atoms with Gasteiger partial charge in [0.05, 0.1) is 6.04 Å². The summed E-state index contributed by atoms with van der Waals surface area (Å²) < 4.78 is 1.62. The zero-order chi connectivity index (χ0) is 11.5. The lowest BCUT2D eigenvalue weighted by atomic mass is 10.1. The molecule has 0 unspecified atom stereocenters. The highest BCUT2D eigenvalue weighted by Gasteiger charge is 2.10. The SMILES string of the molecule is C[C@H](Nn1cnnc1)c1cc(Cl)ccc1O. The summed E-state index contributed by atoms with van der Waals surface area (Å²) in [5, 5.41) is 17.6. The molecule has 1 aromatic carbocycles. The third-order valence-corrected chi connectivity index (χ3v) is 2.45. The number of hydrogen-bond acceptors (Lipinski definition) is 4. The van der Waals surface area contributed by atoms with E-state index in [9.17, 15) is 5.11 Å². The molecular weight excluding hydrogens is 228 g/mol. The topological polar surface area (TPSA) is 63.0 Å². The Bertz CT molecular complexity index is 472. The average molecular weight is 239 g/mol. The monoisotopic (exact) mass is 238 g/mol. The van der Waals surface area contributed by atoms with Crippen molar-refractivity contribution in [2.24, 2.45) is 0 Å². The average Bonchev–Trinajstić information content (AvgIpc) is 2.74. The quantitative estimate of drug-likeness (QED) is 0.858. The molecule has 0 saturated heterocycles. The summed E-state index contributed by atoms with van der Waals surface area (Å²) in [5.74, 6) is 0.206. The molecule has 0 spiro atoms. The van der Waals surface area contributed by atoms with E-state index in [1.165, 1.54) is 12.7 Å². The predicted octanol–water partition coefficient (Wildman–Crippen LogP) is 1.94. The van der Waals surface area contributed by atoms with Crippen LogP contribution in [0.4, 0.5) is 0 Å². The number of phenolic OH excluding ortho intramolecular Hbond substituents is 1. The fourth-order valence-corrected chi connectivity index (χ4v) is 1.61. The van der Waals surface area contributed by atoms with Crippen molar-refractivity contribution in [3.8, 4) is 5.75 Å². The van der Waals surface area contributed by atoms with Crippen LogP contribution in [-0.4, -0.2) is 20.0 Å². The molecular formula is C10H11ClN4O. The van der Waals surface area contributed by atoms with Gasteiger partial charge < -0.3 is 10.5 Å². The van der Waals surface area contributed by atoms with Crippen LogP contribution in [0.1, 0.15) is 18.5 Å². The van der Waals surface area contributed by atoms with Crippen LogP contribution in [0.2, 0.25) is 5.02 Å². The Morgan fingerprint density at radius 3 is 2.75 bits per heavy atom. The fraction of sp³-hybridized carbons (Fsp3) is 0.200. The summed E-state index contributed by atoms with van der Waals surface area (Å²) in [5.41, 5.74) is 3.80. The van der Waals surface area contributed by atoms with Gasteiger partial charge in [-0.2, -0.15) is 0 Å². The normalized spacial score (nSPS) is 12.4. The van der Waals surface area contributed by atoms with Gasteiger partial charge in [0, 0.05) is 10.6 Å². The van der Waals surface area contributed by atoms with E-state index in [1.54, 1.807) is 22.9 Å². The van der Waals surface area contributed by atoms with Crippen LogP contribution in [-0.2, 0) is 0 Å². The van der Waals surface area contributed by atoms with Crippen molar-refractivity contribution in [3.05, 3.63) is 41.4 Å². The molecule has 0 radical (unpaired) electrons. The lowest BCUT2D eigenvalue weighted by molar-refractivity contribution is 0.463. The molecule has 0 bridgehead atoms. The van der Waals surface area contributed by atoms with Crippen molar-refractivity contribution in [1.29, 1.82) is 0 Å². The van der Waals surface area contributed by atoms with Gasteiger partial charge in [0.25, 0.3) is 0 Å². The smallest absolute Gasteiger partial charge is 0.138 e. The highest BCUT2D eigenvalue weighted by molar-refractivity contribution is 6.30. The molecule has 0 amide bonds. The largest absolute Gasteiger partial charge is 0.508 e. The van der Waals surface area contributed by atoms with E-state index in [0.717, 1.165) is 5.56 Å². The maximum Gasteiger partial charge on any atom is 0.138 e. The van der Waals surface area contributed by atoms with Gasteiger partial charge in [-0.1, -0.05) is 11.6 Å². The van der Waals surface area contributed by atoms with Crippen molar-refractivity contribution in [3.63, 3.8) is 0 Å². The summed E-state index contributed by atoms with van der Waals surface area (Å²) in [6, 6.07) is 4.84. The number of nitrogens with zero attached hydrogens (tertiary/aromatic N) is 3. The van der Waals surface area contributed by atoms with Gasteiger partial charge in [0.2, 0.25) is 0 Å². The van der Waals surface area contributed by atoms with Crippen LogP contribution in [0.5, 0.6) is 5.75 Å². The van der Waals surface area contributed by atoms with Crippen LogP contribution >= 0.6 is 11.6 Å². The van der Waals surface area contributed by atoms with E-state index in [0.29, 0.717) is 5.02 Å². The molecule has 1 heterocycles. The molecule has 1 aromatic heterocycles. The van der Waals surface area contributed by atoms with Gasteiger partial charge >= 0.3 is 0 Å². The van der Waals surface area contributed by atoms with E-state index in [1.807, 2.05) is 6.92 Å². The standard InChI is InChI=1S/C10H11ClN4O/c1-7(14-15-5-12-13-6-15)9-4-8(11)2-3-10(9)16/h2-7,14,16H,1H3/t7-/m0/s1. The molecule has 0 aliphatic carbocycles. The van der Waals surface area contributed by atoms with Crippen LogP contribution in [0.3, 0.4) is 0 Å². The summed E-state index contributed by atoms with van der Waals surface area (Å²) in [6.07, 6.45) is 3.08. The Hall–Kier alpha value is -1.75. The van der Waals surface area contributed by atoms with E-state index in [-0.39, 0.29) is 11.8 Å². The number of aromatic hydroxyl groups is 1. The van der Waals surface area contributed by atoms with Crippen molar-refractivity contribution >= 4 is 11.6 Å². The zero-order valence-corrected chi connectivity index (χ0v) is 9.39. The predicted molar refractivity (Wildman–Crippen MR) is 60.9 cm³/mol. The molecule has 2 rings (SSSR count). The fourth-order valence-electron chi connectivity index (χ4n) is 1.43. The highest BCUT2D eigenvalue weighted by atomic mass is 35.5. The summed E-state index contributed by atoms with van der Waals surface area (Å²) in [4.78, 5) is 0. The Balaban J connectivity index is 2.20. The third-order valence-electron chi connectivity index (χ3n) is 2.22. The molecule has 6 heteroatoms. The first-order valence-corrected chi connectivity index (χ1v) is 5.14. The Kier molecular flexibility index (Phi) is 2.96. The third kappa shape index (κ3) is 2.25. The minimum atomic E-state index is -0.102. The van der Waals surface area contributed by atoms with Crippen molar-refractivity contribution < 1.29 is 5.11 Å². The van der Waals surface area contributed by atoms with Gasteiger partial charge in [-0.05, 0) is 25.1 Å². The van der Waals surface area contributed by atoms with Crippen LogP contribution in [0.25, 0.3) is 0 Å². The number of phenols is 1. The molecule has 0 saturated carbocycles. The number of hydrogen-bond donors (Lipinski definition) is 2. The first kappa shape index (κ1) is 10.8. The molecule has 0 aliphatic heterocycles. The van der Waals surface area contributed by atoms with E-state index < -0.39 is 0 Å². The van der Waals surface area contributed by atoms with Crippen molar-refractivity contribution in [2.45, 2.75) is 13.0 Å². The number of aromatic nitrogens is 3. The second-order valence-electron chi connectivity index (χ2n) is 3.42. The first-order chi connectivity index (χ1) is 7.66. The molecule has 1 atom stereocenters. The van der Waals surface area contributed by atoms with Gasteiger partial charge in [0.1, 0.15) is 18.4 Å². The summed E-state index contributed by atoms with van der Waals surface area (Å²) >= 11 is 5.87. The minimum Gasteiger partial charge on any atom is -0.508 e. The molecule has 0 fully saturated rings. The van der Waals surface area contributed by atoms with Gasteiger partial charge in [-0.3, -0.25) is 0 Å². The van der Waals surface area contributed by atoms with Gasteiger partial charge in [-0.25, -0.2) is 4.68 Å². The number of nitrogens with one attached hydrogen (secondary N) is 1. The Morgan fingerprint density at radius 1 is 1.38 bits per heavy atom. The second kappa shape index (κ2) is 4.40.